The lowest BCUT2D eigenvalue weighted by Gasteiger charge is -2.23. The number of carbonyl (C=O) groups excluding carboxylic acids is 1. The lowest BCUT2D eigenvalue weighted by atomic mass is 10.1. The highest BCUT2D eigenvalue weighted by Crippen LogP contribution is 2.27. The van der Waals surface area contributed by atoms with E-state index in [0.29, 0.717) is 0 Å². The number of nitrogens with zero attached hydrogens (tertiary/aromatic N) is 3. The molecular weight excluding hydrogens is 324 g/mol. The van der Waals surface area contributed by atoms with Crippen LogP contribution in [0.2, 0.25) is 0 Å². The van der Waals surface area contributed by atoms with Crippen LogP contribution in [0, 0.1) is 0 Å². The number of aliphatic imine (C=N–C) groups is 1. The van der Waals surface area contributed by atoms with E-state index in [1.54, 1.807) is 19.0 Å². The van der Waals surface area contributed by atoms with Gasteiger partial charge in [0.2, 0.25) is 5.91 Å². The molecule has 26 heavy (non-hydrogen) atoms. The number of hydrogen-bond acceptors (Lipinski definition) is 2. The molecule has 5 heteroatoms. The largest absolute Gasteiger partial charge is 0.356 e. The van der Waals surface area contributed by atoms with Gasteiger partial charge in [0.1, 0.15) is 6.54 Å². The Morgan fingerprint density at radius 3 is 2.62 bits per heavy atom. The molecule has 1 aliphatic heterocycles. The smallest absolute Gasteiger partial charge is 0.243 e. The molecule has 1 heterocycles. The molecule has 3 rings (SSSR count). The monoisotopic (exact) mass is 350 g/mol. The molecule has 136 valence electrons. The first kappa shape index (κ1) is 18.0. The van der Waals surface area contributed by atoms with Gasteiger partial charge in [-0.2, -0.15) is 0 Å². The van der Waals surface area contributed by atoms with Gasteiger partial charge in [-0.15, -0.1) is 0 Å². The Labute approximate surface area is 155 Å². The Bertz CT molecular complexity index is 771. The highest BCUT2D eigenvalue weighted by Gasteiger charge is 2.22. The van der Waals surface area contributed by atoms with Gasteiger partial charge in [0, 0.05) is 32.9 Å². The van der Waals surface area contributed by atoms with Gasteiger partial charge in [0.25, 0.3) is 0 Å². The van der Waals surface area contributed by atoms with Crippen LogP contribution >= 0.6 is 0 Å². The van der Waals surface area contributed by atoms with Crippen molar-refractivity contribution in [1.29, 1.82) is 0 Å². The third kappa shape index (κ3) is 4.42. The summed E-state index contributed by atoms with van der Waals surface area (Å²) in [4.78, 5) is 20.3. The molecule has 5 nitrogen and oxygen atoms in total. The van der Waals surface area contributed by atoms with Gasteiger partial charge >= 0.3 is 0 Å². The van der Waals surface area contributed by atoms with Gasteiger partial charge in [0.15, 0.2) is 5.96 Å². The van der Waals surface area contributed by atoms with E-state index in [1.807, 2.05) is 12.1 Å². The fourth-order valence-electron chi connectivity index (χ4n) is 3.04. The topological polar surface area (TPSA) is 47.9 Å². The third-order valence-electron chi connectivity index (χ3n) is 4.55. The number of anilines is 1. The molecule has 0 bridgehead atoms. The van der Waals surface area contributed by atoms with Gasteiger partial charge < -0.3 is 15.1 Å². The Morgan fingerprint density at radius 2 is 1.85 bits per heavy atom. The minimum absolute atomic E-state index is 0.000147. The number of likely N-dealkylation sites (N-methyl/N-ethyl adjacent to an activating group) is 1. The van der Waals surface area contributed by atoms with Crippen LogP contribution in [-0.4, -0.2) is 50.5 Å². The van der Waals surface area contributed by atoms with Crippen LogP contribution in [0.5, 0.6) is 0 Å². The molecule has 0 aliphatic carbocycles. The Balaban J connectivity index is 1.72. The van der Waals surface area contributed by atoms with E-state index in [9.17, 15) is 4.79 Å². The van der Waals surface area contributed by atoms with Crippen molar-refractivity contribution in [2.24, 2.45) is 4.99 Å². The zero-order valence-corrected chi connectivity index (χ0v) is 15.5. The van der Waals surface area contributed by atoms with Crippen molar-refractivity contribution >= 4 is 17.6 Å². The van der Waals surface area contributed by atoms with E-state index >= 15 is 0 Å². The SMILES string of the molecule is CN(C)C(=O)CN=C(NCCc1ccccc1)N1CCc2ccccc21. The normalized spacial score (nSPS) is 13.5. The first-order valence-electron chi connectivity index (χ1n) is 9.03. The number of nitrogens with one attached hydrogen (secondary N) is 1. The first-order valence-corrected chi connectivity index (χ1v) is 9.03. The maximum Gasteiger partial charge on any atom is 0.243 e. The second-order valence-electron chi connectivity index (χ2n) is 6.62. The highest BCUT2D eigenvalue weighted by atomic mass is 16.2. The molecule has 0 unspecified atom stereocenters. The minimum atomic E-state index is -0.000147. The van der Waals surface area contributed by atoms with Crippen molar-refractivity contribution in [1.82, 2.24) is 10.2 Å². The average Bonchev–Trinajstić information content (AvgIpc) is 3.09. The standard InChI is InChI=1S/C21H26N4O/c1-24(2)20(26)16-23-21(22-14-12-17-8-4-3-5-9-17)25-15-13-18-10-6-7-11-19(18)25/h3-11H,12-16H2,1-2H3,(H,22,23). The van der Waals surface area contributed by atoms with Crippen molar-refractivity contribution < 1.29 is 4.79 Å². The Morgan fingerprint density at radius 1 is 1.12 bits per heavy atom. The number of rotatable bonds is 5. The molecule has 0 saturated heterocycles. The molecule has 0 saturated carbocycles. The van der Waals surface area contributed by atoms with Crippen LogP contribution < -0.4 is 10.2 Å². The van der Waals surface area contributed by atoms with Gasteiger partial charge in [-0.05, 0) is 30.0 Å². The molecular formula is C21H26N4O. The van der Waals surface area contributed by atoms with Crippen molar-refractivity contribution in [2.45, 2.75) is 12.8 Å². The zero-order chi connectivity index (χ0) is 18.4. The fraction of sp³-hybridized carbons (Fsp3) is 0.333. The predicted octanol–water partition coefficient (Wildman–Crippen LogP) is 2.33. The second kappa shape index (κ2) is 8.52. The number of carbonyl (C=O) groups is 1. The maximum atomic E-state index is 12.0. The second-order valence-corrected chi connectivity index (χ2v) is 6.62. The summed E-state index contributed by atoms with van der Waals surface area (Å²) in [7, 11) is 3.51. The number of amides is 1. The lowest BCUT2D eigenvalue weighted by Crippen LogP contribution is -2.42. The number of benzene rings is 2. The van der Waals surface area contributed by atoms with Crippen molar-refractivity contribution in [3.63, 3.8) is 0 Å². The summed E-state index contributed by atoms with van der Waals surface area (Å²) in [5.41, 5.74) is 3.78. The molecule has 0 fully saturated rings. The van der Waals surface area contributed by atoms with Crippen LogP contribution in [0.3, 0.4) is 0 Å². The summed E-state index contributed by atoms with van der Waals surface area (Å²) in [6.07, 6.45) is 1.91. The van der Waals surface area contributed by atoms with Crippen LogP contribution in [0.4, 0.5) is 5.69 Å². The van der Waals surface area contributed by atoms with Gasteiger partial charge in [0.05, 0.1) is 0 Å². The molecule has 2 aromatic rings. The molecule has 2 aromatic carbocycles. The maximum absolute atomic E-state index is 12.0. The fourth-order valence-corrected chi connectivity index (χ4v) is 3.04. The van der Waals surface area contributed by atoms with Crippen LogP contribution in [0.15, 0.2) is 59.6 Å². The number of hydrogen-bond donors (Lipinski definition) is 1. The lowest BCUT2D eigenvalue weighted by molar-refractivity contribution is -0.127. The summed E-state index contributed by atoms with van der Waals surface area (Å²) in [5, 5.41) is 3.45. The van der Waals surface area contributed by atoms with Gasteiger partial charge in [-0.25, -0.2) is 4.99 Å². The van der Waals surface area contributed by atoms with Crippen molar-refractivity contribution in [3.8, 4) is 0 Å². The third-order valence-corrected chi connectivity index (χ3v) is 4.55. The van der Waals surface area contributed by atoms with Crippen LogP contribution in [0.25, 0.3) is 0 Å². The van der Waals surface area contributed by atoms with E-state index < -0.39 is 0 Å². The van der Waals surface area contributed by atoms with E-state index in [1.165, 1.54) is 16.8 Å². The summed E-state index contributed by atoms with van der Waals surface area (Å²) >= 11 is 0. The summed E-state index contributed by atoms with van der Waals surface area (Å²) in [6, 6.07) is 18.8. The predicted molar refractivity (Wildman–Crippen MR) is 107 cm³/mol. The van der Waals surface area contributed by atoms with Gasteiger partial charge in [-0.1, -0.05) is 48.5 Å². The summed E-state index contributed by atoms with van der Waals surface area (Å²) in [5.74, 6) is 0.779. The first-order chi connectivity index (χ1) is 12.6. The molecule has 1 aliphatic rings. The van der Waals surface area contributed by atoms with Crippen molar-refractivity contribution in [2.75, 3.05) is 38.6 Å². The van der Waals surface area contributed by atoms with Crippen molar-refractivity contribution in [3.05, 3.63) is 65.7 Å². The van der Waals surface area contributed by atoms with Crippen LogP contribution in [-0.2, 0) is 17.6 Å². The average molecular weight is 350 g/mol. The zero-order valence-electron chi connectivity index (χ0n) is 15.5. The minimum Gasteiger partial charge on any atom is -0.356 e. The van der Waals surface area contributed by atoms with Gasteiger partial charge in [-0.3, -0.25) is 4.79 Å². The molecule has 0 aromatic heterocycles. The molecule has 1 N–H and O–H groups in total. The number of para-hydroxylation sites is 1. The van der Waals surface area contributed by atoms with E-state index in [4.69, 9.17) is 0 Å². The molecule has 0 radical (unpaired) electrons. The number of fused-ring (bicyclic) bond motifs is 1. The highest BCUT2D eigenvalue weighted by molar-refractivity contribution is 5.99. The Hall–Kier alpha value is -2.82. The quantitative estimate of drug-likeness (QED) is 0.665. The summed E-state index contributed by atoms with van der Waals surface area (Å²) < 4.78 is 0. The van der Waals surface area contributed by atoms with E-state index in [-0.39, 0.29) is 12.5 Å². The molecule has 1 amide bonds. The van der Waals surface area contributed by atoms with Crippen LogP contribution in [0.1, 0.15) is 11.1 Å². The summed E-state index contributed by atoms with van der Waals surface area (Å²) in [6.45, 7) is 1.81. The van der Waals surface area contributed by atoms with E-state index in [0.717, 1.165) is 31.9 Å². The van der Waals surface area contributed by atoms with E-state index in [2.05, 4.69) is 57.7 Å². The Kier molecular flexibility index (Phi) is 5.89. The molecule has 0 spiro atoms. The molecule has 0 atom stereocenters. The number of guanidine groups is 1.